The van der Waals surface area contributed by atoms with E-state index in [2.05, 4.69) is 47.2 Å². The highest BCUT2D eigenvalue weighted by Gasteiger charge is 2.31. The molecule has 0 aliphatic carbocycles. The van der Waals surface area contributed by atoms with Crippen molar-refractivity contribution >= 4 is 61.2 Å². The second kappa shape index (κ2) is 12.1. The monoisotopic (exact) mass is 708 g/mol. The highest BCUT2D eigenvalue weighted by atomic mass is 128. The zero-order chi connectivity index (χ0) is 19.0. The van der Waals surface area contributed by atoms with Gasteiger partial charge in [-0.3, -0.25) is 9.59 Å². The molecule has 0 bridgehead atoms. The lowest BCUT2D eigenvalue weighted by molar-refractivity contribution is -0.138. The van der Waals surface area contributed by atoms with Gasteiger partial charge in [-0.05, 0) is 12.1 Å². The Labute approximate surface area is 177 Å². The fourth-order valence-corrected chi connectivity index (χ4v) is 1.24. The molecule has 142 valence electrons. The van der Waals surface area contributed by atoms with E-state index in [1.807, 2.05) is 0 Å². The number of hydrogen-bond acceptors (Lipinski definition) is 2. The van der Waals surface area contributed by atoms with Crippen LogP contribution in [0.3, 0.4) is 0 Å². The van der Waals surface area contributed by atoms with Gasteiger partial charge in [0.1, 0.15) is 0 Å². The summed E-state index contributed by atoms with van der Waals surface area (Å²) in [6, 6.07) is 2.64. The maximum atomic E-state index is 11.8. The fraction of sp³-hybridized carbons (Fsp3) is 0.167. The lowest BCUT2D eigenvalue weighted by Crippen LogP contribution is -2.11. The molecule has 2 N–H and O–H groups in total. The number of rotatable bonds is 0. The van der Waals surface area contributed by atoms with Gasteiger partial charge in [0.25, 0.3) is 0 Å². The highest BCUT2D eigenvalue weighted by Crippen LogP contribution is 2.27. The summed E-state index contributed by atoms with van der Waals surface area (Å²) in [5, 5.41) is 0. The van der Waals surface area contributed by atoms with Crippen molar-refractivity contribution in [2.75, 3.05) is 0 Å². The van der Waals surface area contributed by atoms with Crippen LogP contribution in [0.4, 0.5) is 26.3 Å². The minimum atomic E-state index is -4.44. The van der Waals surface area contributed by atoms with Crippen LogP contribution in [0.15, 0.2) is 46.2 Å². The molecule has 0 aliphatic rings. The molecule has 2 rings (SSSR count). The van der Waals surface area contributed by atoms with Crippen molar-refractivity contribution in [3.05, 3.63) is 68.5 Å². The van der Waals surface area contributed by atoms with Gasteiger partial charge in [-0.1, -0.05) is 0 Å². The van der Waals surface area contributed by atoms with Gasteiger partial charge in [-0.2, -0.15) is 26.3 Å². The van der Waals surface area contributed by atoms with E-state index >= 15 is 0 Å². The van der Waals surface area contributed by atoms with E-state index in [0.29, 0.717) is 12.1 Å². The first kappa shape index (κ1) is 26.9. The van der Waals surface area contributed by atoms with Crippen molar-refractivity contribution in [1.29, 1.82) is 0 Å². The number of nitrogens with one attached hydrogen (secondary N) is 2. The summed E-state index contributed by atoms with van der Waals surface area (Å²) < 4.78 is 70.9. The van der Waals surface area contributed by atoms with Crippen molar-refractivity contribution in [3.63, 3.8) is 0 Å². The summed E-state index contributed by atoms with van der Waals surface area (Å²) in [5.41, 5.74) is -3.36. The second-order valence-electron chi connectivity index (χ2n) is 3.88. The van der Waals surface area contributed by atoms with Crippen LogP contribution >= 0.6 is 61.2 Å². The van der Waals surface area contributed by atoms with Gasteiger partial charge >= 0.3 is 12.4 Å². The Morgan fingerprint density at radius 1 is 0.720 bits per heavy atom. The van der Waals surface area contributed by atoms with Gasteiger partial charge < -0.3 is 9.97 Å². The molecule has 0 unspecified atom stereocenters. The Balaban J connectivity index is 0. The van der Waals surface area contributed by atoms with Crippen molar-refractivity contribution < 1.29 is 26.3 Å². The third kappa shape index (κ3) is 11.1. The van der Waals surface area contributed by atoms with Gasteiger partial charge in [-0.15, -0.1) is 24.0 Å². The lowest BCUT2D eigenvalue weighted by atomic mass is 10.3. The smallest absolute Gasteiger partial charge is 0.329 e. The van der Waals surface area contributed by atoms with Crippen LogP contribution in [0, 0.1) is 0 Å². The first-order valence-corrected chi connectivity index (χ1v) is 11.9. The van der Waals surface area contributed by atoms with Gasteiger partial charge in [0.05, 0.1) is 11.1 Å². The lowest BCUT2D eigenvalue weighted by Gasteiger charge is -2.03. The molecule has 0 amide bonds. The zero-order valence-electron chi connectivity index (χ0n) is 11.7. The number of H-pyrrole nitrogens is 2. The molecular formula is C12H9F6I3N2O2. The van der Waals surface area contributed by atoms with Crippen LogP contribution in [0.5, 0.6) is 0 Å². The molecule has 0 radical (unpaired) electrons. The van der Waals surface area contributed by atoms with Crippen molar-refractivity contribution in [2.45, 2.75) is 12.4 Å². The van der Waals surface area contributed by atoms with E-state index < -0.39 is 34.6 Å². The summed E-state index contributed by atoms with van der Waals surface area (Å²) in [6.07, 6.45) is -6.95. The SMILES string of the molecule is I.II.O=c1cc(C(F)(F)F)cc[nH]1.O=c1cc(C(F)(F)F)cc[nH]1. The molecule has 0 atom stereocenters. The average Bonchev–Trinajstić information content (AvgIpc) is 2.48. The third-order valence-electron chi connectivity index (χ3n) is 2.20. The molecule has 0 aromatic carbocycles. The Kier molecular flexibility index (Phi) is 13.0. The molecule has 0 saturated heterocycles. The first-order chi connectivity index (χ1) is 11.0. The predicted molar refractivity (Wildman–Crippen MR) is 108 cm³/mol. The van der Waals surface area contributed by atoms with Crippen LogP contribution < -0.4 is 11.1 Å². The van der Waals surface area contributed by atoms with Gasteiger partial charge in [0.15, 0.2) is 0 Å². The minimum absolute atomic E-state index is 0. The summed E-state index contributed by atoms with van der Waals surface area (Å²) in [5.74, 6) is 0. The third-order valence-corrected chi connectivity index (χ3v) is 2.20. The van der Waals surface area contributed by atoms with Crippen LogP contribution in [0.1, 0.15) is 11.1 Å². The van der Waals surface area contributed by atoms with Crippen LogP contribution in [-0.2, 0) is 12.4 Å². The van der Waals surface area contributed by atoms with Crippen molar-refractivity contribution in [2.24, 2.45) is 0 Å². The molecule has 25 heavy (non-hydrogen) atoms. The second-order valence-corrected chi connectivity index (χ2v) is 3.88. The maximum absolute atomic E-state index is 11.8. The molecule has 2 aromatic rings. The minimum Gasteiger partial charge on any atom is -0.329 e. The average molecular weight is 708 g/mol. The number of aromatic nitrogens is 2. The molecule has 0 fully saturated rings. The first-order valence-electron chi connectivity index (χ1n) is 5.66. The fourth-order valence-electron chi connectivity index (χ4n) is 1.24. The molecule has 2 heterocycles. The van der Waals surface area contributed by atoms with Crippen LogP contribution in [0.2, 0.25) is 0 Å². The standard InChI is InChI=1S/2C6H4F3NO.I2.HI/c2*7-6(8,9)4-1-2-10-5(11)3-4;1-2;/h2*1-3H,(H,10,11);;1H. The Hall–Kier alpha value is -0.330. The van der Waals surface area contributed by atoms with E-state index in [9.17, 15) is 35.9 Å². The van der Waals surface area contributed by atoms with E-state index in [4.69, 9.17) is 0 Å². The quantitative estimate of drug-likeness (QED) is 0.293. The summed E-state index contributed by atoms with van der Waals surface area (Å²) >= 11 is 4.24. The van der Waals surface area contributed by atoms with Gasteiger partial charge in [0, 0.05) is 61.8 Å². The van der Waals surface area contributed by atoms with Gasteiger partial charge in [-0.25, -0.2) is 0 Å². The van der Waals surface area contributed by atoms with E-state index in [1.54, 1.807) is 0 Å². The number of alkyl halides is 6. The van der Waals surface area contributed by atoms with Gasteiger partial charge in [0.2, 0.25) is 11.1 Å². The molecule has 13 heteroatoms. The highest BCUT2D eigenvalue weighted by molar-refractivity contribution is 15.0. The summed E-state index contributed by atoms with van der Waals surface area (Å²) in [6.45, 7) is 0. The Morgan fingerprint density at radius 2 is 1.00 bits per heavy atom. The Bertz CT molecular complexity index is 679. The predicted octanol–water partition coefficient (Wildman–Crippen LogP) is 5.18. The largest absolute Gasteiger partial charge is 0.416 e. The molecular weight excluding hydrogens is 699 g/mol. The molecule has 4 nitrogen and oxygen atoms in total. The molecule has 0 aliphatic heterocycles. The van der Waals surface area contributed by atoms with Crippen molar-refractivity contribution in [1.82, 2.24) is 9.97 Å². The number of hydrogen-bond donors (Lipinski definition) is 2. The molecule has 0 spiro atoms. The number of pyridine rings is 2. The summed E-state index contributed by atoms with van der Waals surface area (Å²) in [7, 11) is 0. The Morgan fingerprint density at radius 3 is 1.16 bits per heavy atom. The van der Waals surface area contributed by atoms with Crippen LogP contribution in [-0.4, -0.2) is 9.97 Å². The molecule has 2 aromatic heterocycles. The van der Waals surface area contributed by atoms with Crippen molar-refractivity contribution in [3.8, 4) is 0 Å². The number of aromatic amines is 2. The normalized spacial score (nSPS) is 10.4. The maximum Gasteiger partial charge on any atom is 0.416 e. The van der Waals surface area contributed by atoms with E-state index in [1.165, 1.54) is 0 Å². The van der Waals surface area contributed by atoms with E-state index in [-0.39, 0.29) is 24.0 Å². The zero-order valence-corrected chi connectivity index (χ0v) is 18.4. The number of halogens is 9. The van der Waals surface area contributed by atoms with Crippen LogP contribution in [0.25, 0.3) is 0 Å². The summed E-state index contributed by atoms with van der Waals surface area (Å²) in [4.78, 5) is 24.9. The topological polar surface area (TPSA) is 65.7 Å². The molecule has 0 saturated carbocycles. The van der Waals surface area contributed by atoms with E-state index in [0.717, 1.165) is 24.5 Å².